The number of hydrogen-bond acceptors (Lipinski definition) is 5. The van der Waals surface area contributed by atoms with E-state index in [0.29, 0.717) is 16.9 Å². The number of nitrogens with zero attached hydrogens (tertiary/aromatic N) is 5. The summed E-state index contributed by atoms with van der Waals surface area (Å²) in [4.78, 5) is 11.8. The Labute approximate surface area is 184 Å². The molecular formula is C22H21FN6O2S. The third-order valence-electron chi connectivity index (χ3n) is 6.19. The van der Waals surface area contributed by atoms with Crippen LogP contribution in [0.15, 0.2) is 43.0 Å². The number of rotatable bonds is 5. The zero-order valence-corrected chi connectivity index (χ0v) is 18.4. The third kappa shape index (κ3) is 2.92. The minimum absolute atomic E-state index is 0.0974. The van der Waals surface area contributed by atoms with E-state index in [9.17, 15) is 18.1 Å². The second-order valence-corrected chi connectivity index (χ2v) is 10.9. The number of nitriles is 1. The van der Waals surface area contributed by atoms with Gasteiger partial charge in [0.05, 0.1) is 34.5 Å². The van der Waals surface area contributed by atoms with E-state index in [2.05, 4.69) is 21.0 Å². The summed E-state index contributed by atoms with van der Waals surface area (Å²) in [5, 5.41) is 10.6. The minimum Gasteiger partial charge on any atom is -0.346 e. The lowest BCUT2D eigenvalue weighted by molar-refractivity contribution is 0.0884. The number of hydrogen-bond donors (Lipinski definition) is 1. The predicted octanol–water partition coefficient (Wildman–Crippen LogP) is 3.38. The van der Waals surface area contributed by atoms with Gasteiger partial charge in [-0.2, -0.15) is 9.57 Å². The van der Waals surface area contributed by atoms with Gasteiger partial charge >= 0.3 is 0 Å². The van der Waals surface area contributed by atoms with Gasteiger partial charge in [-0.25, -0.2) is 22.8 Å². The van der Waals surface area contributed by atoms with Crippen LogP contribution in [0.3, 0.4) is 0 Å². The maximum absolute atomic E-state index is 14.3. The Bertz CT molecular complexity index is 1490. The van der Waals surface area contributed by atoms with E-state index < -0.39 is 26.6 Å². The van der Waals surface area contributed by atoms with E-state index >= 15 is 0 Å². The maximum Gasteiger partial charge on any atom is 0.216 e. The highest BCUT2D eigenvalue weighted by Crippen LogP contribution is 2.42. The fourth-order valence-corrected chi connectivity index (χ4v) is 5.89. The van der Waals surface area contributed by atoms with Gasteiger partial charge in [0.2, 0.25) is 10.0 Å². The number of halogens is 1. The first-order chi connectivity index (χ1) is 15.3. The van der Waals surface area contributed by atoms with Crippen LogP contribution in [-0.4, -0.2) is 50.6 Å². The molecule has 32 heavy (non-hydrogen) atoms. The van der Waals surface area contributed by atoms with E-state index in [-0.39, 0.29) is 19.5 Å². The van der Waals surface area contributed by atoms with Crippen LogP contribution < -0.4 is 0 Å². The first kappa shape index (κ1) is 20.6. The largest absolute Gasteiger partial charge is 0.346 e. The first-order valence-corrected chi connectivity index (χ1v) is 11.7. The van der Waals surface area contributed by atoms with Crippen LogP contribution in [0.25, 0.3) is 33.2 Å². The van der Waals surface area contributed by atoms with Crippen molar-refractivity contribution in [2.75, 3.05) is 13.1 Å². The highest BCUT2D eigenvalue weighted by atomic mass is 32.2. The van der Waals surface area contributed by atoms with Crippen molar-refractivity contribution in [2.24, 2.45) is 0 Å². The molecule has 0 bridgehead atoms. The lowest BCUT2D eigenvalue weighted by Crippen LogP contribution is -2.64. The Morgan fingerprint density at radius 2 is 2.03 bits per heavy atom. The van der Waals surface area contributed by atoms with Crippen molar-refractivity contribution in [3.05, 3.63) is 48.8 Å². The molecule has 1 N–H and O–H groups in total. The highest BCUT2D eigenvalue weighted by molar-refractivity contribution is 7.89. The van der Waals surface area contributed by atoms with E-state index in [4.69, 9.17) is 0 Å². The lowest BCUT2D eigenvalue weighted by Gasteiger charge is -2.49. The molecule has 1 aromatic carbocycles. The fourth-order valence-electron chi connectivity index (χ4n) is 4.45. The normalized spacial score (nSPS) is 16.5. The van der Waals surface area contributed by atoms with E-state index in [0.717, 1.165) is 16.3 Å². The second kappa shape index (κ2) is 7.12. The lowest BCUT2D eigenvalue weighted by atomic mass is 9.88. The Morgan fingerprint density at radius 3 is 2.75 bits per heavy atom. The fraction of sp³-hybridized carbons (Fsp3) is 0.318. The quantitative estimate of drug-likeness (QED) is 0.499. The number of aromatic amines is 1. The zero-order chi connectivity index (χ0) is 22.7. The zero-order valence-electron chi connectivity index (χ0n) is 17.6. The SMILES string of the molecule is CC(C)S(=O)(=O)N1CC(CC#N)(n2cc(-c3ncnc4[nH]ccc34)c3ccc(F)cc32)C1. The Kier molecular flexibility index (Phi) is 4.58. The average molecular weight is 453 g/mol. The molecule has 0 aliphatic carbocycles. The van der Waals surface area contributed by atoms with Crippen molar-refractivity contribution in [3.63, 3.8) is 0 Å². The summed E-state index contributed by atoms with van der Waals surface area (Å²) in [6.45, 7) is 3.58. The van der Waals surface area contributed by atoms with E-state index in [1.165, 1.54) is 22.8 Å². The molecule has 0 radical (unpaired) electrons. The molecule has 1 saturated heterocycles. The van der Waals surface area contributed by atoms with Crippen LogP contribution >= 0.6 is 0 Å². The molecule has 10 heteroatoms. The van der Waals surface area contributed by atoms with Gasteiger partial charge in [-0.1, -0.05) is 0 Å². The van der Waals surface area contributed by atoms with Gasteiger partial charge in [0.15, 0.2) is 0 Å². The van der Waals surface area contributed by atoms with Gasteiger partial charge in [-0.15, -0.1) is 0 Å². The van der Waals surface area contributed by atoms with Crippen molar-refractivity contribution in [1.29, 1.82) is 5.26 Å². The van der Waals surface area contributed by atoms with Crippen molar-refractivity contribution in [3.8, 4) is 17.3 Å². The van der Waals surface area contributed by atoms with Gasteiger partial charge in [-0.05, 0) is 38.1 Å². The van der Waals surface area contributed by atoms with E-state index in [1.54, 1.807) is 26.1 Å². The summed E-state index contributed by atoms with van der Waals surface area (Å²) < 4.78 is 42.8. The molecule has 0 unspecified atom stereocenters. The van der Waals surface area contributed by atoms with Crippen molar-refractivity contribution in [1.82, 2.24) is 23.8 Å². The summed E-state index contributed by atoms with van der Waals surface area (Å²) in [6, 6.07) is 8.58. The summed E-state index contributed by atoms with van der Waals surface area (Å²) in [7, 11) is -3.45. The molecule has 4 heterocycles. The molecule has 4 aromatic rings. The van der Waals surface area contributed by atoms with Crippen LogP contribution in [0.5, 0.6) is 0 Å². The van der Waals surface area contributed by atoms with Gasteiger partial charge in [0, 0.05) is 41.8 Å². The third-order valence-corrected chi connectivity index (χ3v) is 8.36. The Morgan fingerprint density at radius 1 is 1.25 bits per heavy atom. The highest BCUT2D eigenvalue weighted by Gasteiger charge is 2.50. The summed E-state index contributed by atoms with van der Waals surface area (Å²) in [6.07, 6.45) is 5.20. The van der Waals surface area contributed by atoms with E-state index in [1.807, 2.05) is 16.8 Å². The minimum atomic E-state index is -3.45. The summed E-state index contributed by atoms with van der Waals surface area (Å²) >= 11 is 0. The average Bonchev–Trinajstić information content (AvgIpc) is 3.34. The van der Waals surface area contributed by atoms with Crippen molar-refractivity contribution in [2.45, 2.75) is 31.1 Å². The topological polar surface area (TPSA) is 108 Å². The molecule has 1 fully saturated rings. The van der Waals surface area contributed by atoms with Crippen LogP contribution in [0, 0.1) is 17.1 Å². The maximum atomic E-state index is 14.3. The monoisotopic (exact) mass is 452 g/mol. The molecule has 164 valence electrons. The summed E-state index contributed by atoms with van der Waals surface area (Å²) in [5.41, 5.74) is 1.95. The van der Waals surface area contributed by atoms with Crippen LogP contribution in [0.4, 0.5) is 4.39 Å². The first-order valence-electron chi connectivity index (χ1n) is 10.2. The Balaban J connectivity index is 1.70. The molecule has 3 aromatic heterocycles. The van der Waals surface area contributed by atoms with Crippen molar-refractivity contribution >= 4 is 32.0 Å². The molecule has 5 rings (SSSR count). The smallest absolute Gasteiger partial charge is 0.216 e. The molecule has 1 aliphatic rings. The second-order valence-electron chi connectivity index (χ2n) is 8.46. The molecule has 0 saturated carbocycles. The number of nitrogens with one attached hydrogen (secondary N) is 1. The Hall–Kier alpha value is -3.29. The van der Waals surface area contributed by atoms with Gasteiger partial charge in [-0.3, -0.25) is 0 Å². The molecule has 0 spiro atoms. The van der Waals surface area contributed by atoms with Crippen LogP contribution in [0.2, 0.25) is 0 Å². The van der Waals surface area contributed by atoms with Gasteiger partial charge in [0.1, 0.15) is 17.8 Å². The molecule has 0 amide bonds. The number of H-pyrrole nitrogens is 1. The number of benzene rings is 1. The molecular weight excluding hydrogens is 431 g/mol. The summed E-state index contributed by atoms with van der Waals surface area (Å²) in [5.74, 6) is -0.407. The van der Waals surface area contributed by atoms with Crippen LogP contribution in [0.1, 0.15) is 20.3 Å². The number of fused-ring (bicyclic) bond motifs is 2. The molecule has 0 atom stereocenters. The van der Waals surface area contributed by atoms with Crippen molar-refractivity contribution < 1.29 is 12.8 Å². The molecule has 8 nitrogen and oxygen atoms in total. The number of sulfonamides is 1. The van der Waals surface area contributed by atoms with Gasteiger partial charge in [0.25, 0.3) is 0 Å². The number of aromatic nitrogens is 4. The van der Waals surface area contributed by atoms with Crippen LogP contribution in [-0.2, 0) is 15.6 Å². The van der Waals surface area contributed by atoms with Gasteiger partial charge < -0.3 is 9.55 Å². The molecule has 1 aliphatic heterocycles. The standard InChI is InChI=1S/C22H21FN6O2S/c1-14(2)32(30,31)28-11-22(12-28,6-7-24)29-10-18(16-4-3-15(23)9-19(16)29)20-17-5-8-25-21(17)27-13-26-20/h3-5,8-10,13-14H,6,11-12H2,1-2H3,(H,25,26,27). The predicted molar refractivity (Wildman–Crippen MR) is 119 cm³/mol.